The van der Waals surface area contributed by atoms with Crippen LogP contribution in [0.5, 0.6) is 0 Å². The molecular formula is C12H10BrClN2O. The van der Waals surface area contributed by atoms with Crippen LogP contribution in [-0.2, 0) is 7.05 Å². The van der Waals surface area contributed by atoms with Crippen molar-refractivity contribution < 1.29 is 4.79 Å². The molecule has 0 fully saturated rings. The number of rotatable bonds is 2. The summed E-state index contributed by atoms with van der Waals surface area (Å²) in [6.45, 7) is 1.94. The lowest BCUT2D eigenvalue weighted by atomic mass is 10.1. The largest absolute Gasteiger partial charge is 0.287 e. The Morgan fingerprint density at radius 2 is 2.18 bits per heavy atom. The van der Waals surface area contributed by atoms with Gasteiger partial charge in [0.25, 0.3) is 0 Å². The predicted octanol–water partition coefficient (Wildman–Crippen LogP) is 3.38. The van der Waals surface area contributed by atoms with Crippen LogP contribution in [0, 0.1) is 6.92 Å². The van der Waals surface area contributed by atoms with Crippen LogP contribution in [0.4, 0.5) is 0 Å². The van der Waals surface area contributed by atoms with E-state index < -0.39 is 0 Å². The van der Waals surface area contributed by atoms with Gasteiger partial charge >= 0.3 is 0 Å². The molecular weight excluding hydrogens is 304 g/mol. The standard InChI is InChI=1S/C12H10BrClN2O/c1-7-4-3-5-8(10(7)13)12(17)11-9(14)6-15-16(11)2/h3-6H,1-2H3. The molecule has 88 valence electrons. The molecule has 0 aliphatic carbocycles. The summed E-state index contributed by atoms with van der Waals surface area (Å²) < 4.78 is 2.28. The summed E-state index contributed by atoms with van der Waals surface area (Å²) in [7, 11) is 1.70. The van der Waals surface area contributed by atoms with Crippen LogP contribution in [-0.4, -0.2) is 15.6 Å². The Hall–Kier alpha value is -1.13. The number of hydrogen-bond acceptors (Lipinski definition) is 2. The molecule has 0 aliphatic rings. The number of hydrogen-bond donors (Lipinski definition) is 0. The van der Waals surface area contributed by atoms with Gasteiger partial charge in [0.05, 0.1) is 11.2 Å². The van der Waals surface area contributed by atoms with Crippen LogP contribution in [0.3, 0.4) is 0 Å². The number of ketones is 1. The first-order valence-electron chi connectivity index (χ1n) is 4.99. The lowest BCUT2D eigenvalue weighted by Gasteiger charge is -2.06. The number of aryl methyl sites for hydroxylation is 2. The zero-order valence-electron chi connectivity index (χ0n) is 9.37. The highest BCUT2D eigenvalue weighted by atomic mass is 79.9. The summed E-state index contributed by atoms with van der Waals surface area (Å²) in [4.78, 5) is 12.3. The molecule has 0 aliphatic heterocycles. The molecule has 3 nitrogen and oxygen atoms in total. The van der Waals surface area contributed by atoms with Crippen molar-refractivity contribution in [2.75, 3.05) is 0 Å². The molecule has 0 spiro atoms. The van der Waals surface area contributed by atoms with Crippen molar-refractivity contribution in [1.82, 2.24) is 9.78 Å². The van der Waals surface area contributed by atoms with Gasteiger partial charge in [-0.05, 0) is 34.5 Å². The van der Waals surface area contributed by atoms with Gasteiger partial charge in [0.1, 0.15) is 5.69 Å². The minimum absolute atomic E-state index is 0.134. The van der Waals surface area contributed by atoms with Crippen molar-refractivity contribution in [3.05, 3.63) is 50.7 Å². The first-order chi connectivity index (χ1) is 8.02. The van der Waals surface area contributed by atoms with Crippen molar-refractivity contribution in [2.24, 2.45) is 7.05 Å². The van der Waals surface area contributed by atoms with E-state index in [0.29, 0.717) is 16.3 Å². The van der Waals surface area contributed by atoms with Crippen molar-refractivity contribution >= 4 is 33.3 Å². The number of benzene rings is 1. The molecule has 2 aromatic rings. The summed E-state index contributed by atoms with van der Waals surface area (Å²) in [5, 5.41) is 4.33. The molecule has 0 bridgehead atoms. The Labute approximate surface area is 113 Å². The minimum atomic E-state index is -0.134. The van der Waals surface area contributed by atoms with Gasteiger partial charge in [-0.15, -0.1) is 0 Å². The Balaban J connectivity index is 2.55. The highest BCUT2D eigenvalue weighted by Crippen LogP contribution is 2.26. The zero-order valence-corrected chi connectivity index (χ0v) is 11.7. The van der Waals surface area contributed by atoms with E-state index in [1.807, 2.05) is 19.1 Å². The van der Waals surface area contributed by atoms with Crippen LogP contribution < -0.4 is 0 Å². The summed E-state index contributed by atoms with van der Waals surface area (Å²) in [6.07, 6.45) is 1.47. The Morgan fingerprint density at radius 3 is 2.76 bits per heavy atom. The van der Waals surface area contributed by atoms with Gasteiger partial charge in [0, 0.05) is 17.1 Å². The Kier molecular flexibility index (Phi) is 3.35. The van der Waals surface area contributed by atoms with Crippen molar-refractivity contribution in [3.63, 3.8) is 0 Å². The second-order valence-corrected chi connectivity index (χ2v) is 4.93. The minimum Gasteiger partial charge on any atom is -0.287 e. The van der Waals surface area contributed by atoms with Gasteiger partial charge in [-0.25, -0.2) is 0 Å². The fourth-order valence-corrected chi connectivity index (χ4v) is 2.31. The fraction of sp³-hybridized carbons (Fsp3) is 0.167. The summed E-state index contributed by atoms with van der Waals surface area (Å²) in [5.74, 6) is -0.134. The number of halogens is 2. The highest BCUT2D eigenvalue weighted by molar-refractivity contribution is 9.10. The normalized spacial score (nSPS) is 10.6. The topological polar surface area (TPSA) is 34.9 Å². The molecule has 0 saturated heterocycles. The molecule has 1 heterocycles. The molecule has 0 amide bonds. The van der Waals surface area contributed by atoms with Crippen LogP contribution >= 0.6 is 27.5 Å². The molecule has 2 rings (SSSR count). The number of carbonyl (C=O) groups excluding carboxylic acids is 1. The first-order valence-corrected chi connectivity index (χ1v) is 6.16. The van der Waals surface area contributed by atoms with E-state index in [9.17, 15) is 4.79 Å². The molecule has 0 atom stereocenters. The number of carbonyl (C=O) groups is 1. The predicted molar refractivity (Wildman–Crippen MR) is 70.5 cm³/mol. The van der Waals surface area contributed by atoms with E-state index in [1.54, 1.807) is 13.1 Å². The lowest BCUT2D eigenvalue weighted by Crippen LogP contribution is -2.09. The summed E-state index contributed by atoms with van der Waals surface area (Å²) in [6, 6.07) is 5.55. The molecule has 0 saturated carbocycles. The van der Waals surface area contributed by atoms with Gasteiger partial charge in [0.15, 0.2) is 0 Å². The van der Waals surface area contributed by atoms with Gasteiger partial charge in [-0.1, -0.05) is 23.7 Å². The third kappa shape index (κ3) is 2.15. The molecule has 1 aromatic heterocycles. The van der Waals surface area contributed by atoms with Gasteiger partial charge in [-0.2, -0.15) is 5.10 Å². The van der Waals surface area contributed by atoms with Gasteiger partial charge in [0.2, 0.25) is 5.78 Å². The quantitative estimate of drug-likeness (QED) is 0.797. The molecule has 1 aromatic carbocycles. The molecule has 5 heteroatoms. The molecule has 0 N–H and O–H groups in total. The van der Waals surface area contributed by atoms with Crippen LogP contribution in [0.25, 0.3) is 0 Å². The Morgan fingerprint density at radius 1 is 1.47 bits per heavy atom. The molecule has 0 unspecified atom stereocenters. The van der Waals surface area contributed by atoms with E-state index in [1.165, 1.54) is 10.9 Å². The van der Waals surface area contributed by atoms with E-state index in [0.717, 1.165) is 10.0 Å². The molecule has 0 radical (unpaired) electrons. The van der Waals surface area contributed by atoms with Crippen molar-refractivity contribution in [3.8, 4) is 0 Å². The van der Waals surface area contributed by atoms with E-state index in [4.69, 9.17) is 11.6 Å². The second kappa shape index (κ2) is 4.63. The zero-order chi connectivity index (χ0) is 12.6. The van der Waals surface area contributed by atoms with Gasteiger partial charge in [-0.3, -0.25) is 9.48 Å². The third-order valence-corrected chi connectivity index (χ3v) is 3.87. The monoisotopic (exact) mass is 312 g/mol. The second-order valence-electron chi connectivity index (χ2n) is 3.73. The maximum absolute atomic E-state index is 12.3. The smallest absolute Gasteiger partial charge is 0.213 e. The summed E-state index contributed by atoms with van der Waals surface area (Å²) >= 11 is 9.38. The average molecular weight is 314 g/mol. The number of aromatic nitrogens is 2. The SMILES string of the molecule is Cc1cccc(C(=O)c2c(Cl)cnn2C)c1Br. The lowest BCUT2D eigenvalue weighted by molar-refractivity contribution is 0.102. The van der Waals surface area contributed by atoms with Crippen LogP contribution in [0.2, 0.25) is 5.02 Å². The van der Waals surface area contributed by atoms with Crippen LogP contribution in [0.1, 0.15) is 21.6 Å². The fourth-order valence-electron chi connectivity index (χ4n) is 1.62. The number of nitrogens with zero attached hydrogens (tertiary/aromatic N) is 2. The van der Waals surface area contributed by atoms with E-state index in [2.05, 4.69) is 21.0 Å². The summed E-state index contributed by atoms with van der Waals surface area (Å²) in [5.41, 5.74) is 2.00. The molecule has 17 heavy (non-hydrogen) atoms. The maximum atomic E-state index is 12.3. The van der Waals surface area contributed by atoms with Gasteiger partial charge < -0.3 is 0 Å². The first kappa shape index (κ1) is 12.3. The highest BCUT2D eigenvalue weighted by Gasteiger charge is 2.20. The average Bonchev–Trinajstić information content (AvgIpc) is 2.62. The van der Waals surface area contributed by atoms with E-state index >= 15 is 0 Å². The maximum Gasteiger partial charge on any atom is 0.213 e. The van der Waals surface area contributed by atoms with Crippen molar-refractivity contribution in [1.29, 1.82) is 0 Å². The third-order valence-electron chi connectivity index (χ3n) is 2.55. The Bertz CT molecular complexity index is 573. The van der Waals surface area contributed by atoms with Crippen molar-refractivity contribution in [2.45, 2.75) is 6.92 Å². The van der Waals surface area contributed by atoms with E-state index in [-0.39, 0.29) is 5.78 Å². The van der Waals surface area contributed by atoms with Crippen LogP contribution in [0.15, 0.2) is 28.9 Å².